The van der Waals surface area contributed by atoms with Crippen LogP contribution in [0.1, 0.15) is 70.3 Å². The van der Waals surface area contributed by atoms with Crippen LogP contribution in [0, 0.1) is 0 Å². The lowest BCUT2D eigenvalue weighted by molar-refractivity contribution is 0.571. The molecule has 0 fully saturated rings. The van der Waals surface area contributed by atoms with Gasteiger partial charge in [0.05, 0.1) is 0 Å². The van der Waals surface area contributed by atoms with Gasteiger partial charge in [-0.1, -0.05) is 34.1 Å². The minimum absolute atomic E-state index is 0.457. The molecule has 18 heavy (non-hydrogen) atoms. The number of aromatic amines is 1. The van der Waals surface area contributed by atoms with Crippen LogP contribution in [0.4, 0.5) is 0 Å². The maximum absolute atomic E-state index is 4.68. The molecule has 0 aliphatic rings. The summed E-state index contributed by atoms with van der Waals surface area (Å²) < 4.78 is 0. The third kappa shape index (κ3) is 2.55. The lowest BCUT2D eigenvalue weighted by Crippen LogP contribution is -1.99. The minimum atomic E-state index is 0.457. The molecule has 3 nitrogen and oxygen atoms in total. The number of hydrogen-bond acceptors (Lipinski definition) is 2. The predicted molar refractivity (Wildman–Crippen MR) is 75.9 cm³/mol. The number of hydrogen-bond donors (Lipinski definition) is 1. The Morgan fingerprint density at radius 2 is 1.94 bits per heavy atom. The van der Waals surface area contributed by atoms with E-state index in [0.29, 0.717) is 11.8 Å². The average Bonchev–Trinajstić information content (AvgIpc) is 2.78. The van der Waals surface area contributed by atoms with E-state index in [-0.39, 0.29) is 0 Å². The van der Waals surface area contributed by atoms with Gasteiger partial charge in [-0.15, -0.1) is 0 Å². The summed E-state index contributed by atoms with van der Waals surface area (Å²) in [5, 5.41) is 0. The molecule has 0 spiro atoms. The zero-order chi connectivity index (χ0) is 13.1. The van der Waals surface area contributed by atoms with Crippen LogP contribution < -0.4 is 0 Å². The van der Waals surface area contributed by atoms with Crippen LogP contribution in [-0.4, -0.2) is 15.0 Å². The molecule has 2 aromatic heterocycles. The van der Waals surface area contributed by atoms with Crippen molar-refractivity contribution >= 4 is 11.2 Å². The van der Waals surface area contributed by atoms with E-state index in [1.807, 2.05) is 0 Å². The van der Waals surface area contributed by atoms with Crippen LogP contribution in [0.15, 0.2) is 12.1 Å². The molecule has 0 bridgehead atoms. The summed E-state index contributed by atoms with van der Waals surface area (Å²) in [7, 11) is 0. The molecule has 0 saturated heterocycles. The van der Waals surface area contributed by atoms with Gasteiger partial charge in [0.2, 0.25) is 0 Å². The second kappa shape index (κ2) is 5.51. The number of H-pyrrole nitrogens is 1. The SMILES string of the molecule is CCCC(CC)c1nc2ccc(C(C)C)nc2[nH]1. The molecule has 0 radical (unpaired) electrons. The van der Waals surface area contributed by atoms with Crippen molar-refractivity contribution in [2.45, 2.75) is 58.8 Å². The Bertz CT molecular complexity index is 513. The van der Waals surface area contributed by atoms with Crippen molar-refractivity contribution in [3.8, 4) is 0 Å². The van der Waals surface area contributed by atoms with Crippen LogP contribution in [0.25, 0.3) is 11.2 Å². The Kier molecular flexibility index (Phi) is 4.00. The zero-order valence-corrected chi connectivity index (χ0v) is 11.8. The van der Waals surface area contributed by atoms with Crippen molar-refractivity contribution in [3.05, 3.63) is 23.7 Å². The highest BCUT2D eigenvalue weighted by Crippen LogP contribution is 2.24. The molecule has 3 heteroatoms. The highest BCUT2D eigenvalue weighted by molar-refractivity contribution is 5.70. The molecule has 1 N–H and O–H groups in total. The molecule has 2 heterocycles. The van der Waals surface area contributed by atoms with Gasteiger partial charge in [0, 0.05) is 11.6 Å². The molecule has 0 aliphatic carbocycles. The number of nitrogens with one attached hydrogen (secondary N) is 1. The normalized spacial score (nSPS) is 13.4. The summed E-state index contributed by atoms with van der Waals surface area (Å²) in [5.74, 6) is 2.09. The zero-order valence-electron chi connectivity index (χ0n) is 11.8. The molecular weight excluding hydrogens is 222 g/mol. The molecule has 0 amide bonds. The molecule has 98 valence electrons. The van der Waals surface area contributed by atoms with Gasteiger partial charge in [-0.25, -0.2) is 9.97 Å². The highest BCUT2D eigenvalue weighted by Gasteiger charge is 2.14. The van der Waals surface area contributed by atoms with Crippen LogP contribution in [-0.2, 0) is 0 Å². The van der Waals surface area contributed by atoms with Gasteiger partial charge in [0.1, 0.15) is 11.3 Å². The van der Waals surface area contributed by atoms with Gasteiger partial charge in [0.25, 0.3) is 0 Å². The second-order valence-corrected chi connectivity index (χ2v) is 5.27. The summed E-state index contributed by atoms with van der Waals surface area (Å²) >= 11 is 0. The Balaban J connectivity index is 2.37. The lowest BCUT2D eigenvalue weighted by Gasteiger charge is -2.09. The smallest absolute Gasteiger partial charge is 0.157 e. The van der Waals surface area contributed by atoms with Crippen molar-refractivity contribution in [3.63, 3.8) is 0 Å². The van der Waals surface area contributed by atoms with Gasteiger partial charge >= 0.3 is 0 Å². The summed E-state index contributed by atoms with van der Waals surface area (Å²) in [6.07, 6.45) is 3.51. The quantitative estimate of drug-likeness (QED) is 0.849. The number of nitrogens with zero attached hydrogens (tertiary/aromatic N) is 2. The topological polar surface area (TPSA) is 41.6 Å². The van der Waals surface area contributed by atoms with E-state index in [0.717, 1.165) is 29.1 Å². The number of fused-ring (bicyclic) bond motifs is 1. The van der Waals surface area contributed by atoms with Crippen molar-refractivity contribution in [2.75, 3.05) is 0 Å². The molecule has 0 aromatic carbocycles. The third-order valence-electron chi connectivity index (χ3n) is 3.49. The maximum atomic E-state index is 4.68. The fraction of sp³-hybridized carbons (Fsp3) is 0.600. The summed E-state index contributed by atoms with van der Waals surface area (Å²) in [5.41, 5.74) is 3.05. The van der Waals surface area contributed by atoms with Crippen LogP contribution in [0.2, 0.25) is 0 Å². The number of pyridine rings is 1. The molecule has 1 unspecified atom stereocenters. The third-order valence-corrected chi connectivity index (χ3v) is 3.49. The summed E-state index contributed by atoms with van der Waals surface area (Å²) in [4.78, 5) is 12.7. The summed E-state index contributed by atoms with van der Waals surface area (Å²) in [6.45, 7) is 8.77. The Labute approximate surface area is 109 Å². The van der Waals surface area contributed by atoms with E-state index in [1.54, 1.807) is 0 Å². The first kappa shape index (κ1) is 13.1. The van der Waals surface area contributed by atoms with E-state index < -0.39 is 0 Å². The average molecular weight is 245 g/mol. The Morgan fingerprint density at radius 1 is 1.17 bits per heavy atom. The van der Waals surface area contributed by atoms with Gasteiger partial charge in [0.15, 0.2) is 5.65 Å². The fourth-order valence-electron chi connectivity index (χ4n) is 2.33. The monoisotopic (exact) mass is 245 g/mol. The maximum Gasteiger partial charge on any atom is 0.157 e. The van der Waals surface area contributed by atoms with E-state index in [1.165, 1.54) is 12.8 Å². The molecule has 2 rings (SSSR count). The van der Waals surface area contributed by atoms with E-state index in [9.17, 15) is 0 Å². The van der Waals surface area contributed by atoms with Crippen LogP contribution in [0.5, 0.6) is 0 Å². The van der Waals surface area contributed by atoms with Gasteiger partial charge in [-0.05, 0) is 30.9 Å². The van der Waals surface area contributed by atoms with Crippen molar-refractivity contribution in [1.29, 1.82) is 0 Å². The molecular formula is C15H23N3. The van der Waals surface area contributed by atoms with Crippen LogP contribution in [0.3, 0.4) is 0 Å². The second-order valence-electron chi connectivity index (χ2n) is 5.27. The molecule has 2 aromatic rings. The highest BCUT2D eigenvalue weighted by atomic mass is 15.0. The number of aromatic nitrogens is 3. The fourth-order valence-corrected chi connectivity index (χ4v) is 2.33. The number of imidazole rings is 1. The Hall–Kier alpha value is -1.38. The van der Waals surface area contributed by atoms with E-state index in [4.69, 9.17) is 0 Å². The Morgan fingerprint density at radius 3 is 2.56 bits per heavy atom. The first-order valence-electron chi connectivity index (χ1n) is 7.02. The van der Waals surface area contributed by atoms with E-state index in [2.05, 4.69) is 54.8 Å². The minimum Gasteiger partial charge on any atom is -0.326 e. The van der Waals surface area contributed by atoms with Crippen molar-refractivity contribution < 1.29 is 0 Å². The van der Waals surface area contributed by atoms with Crippen molar-refractivity contribution in [2.24, 2.45) is 0 Å². The first-order valence-corrected chi connectivity index (χ1v) is 7.02. The molecule has 0 saturated carbocycles. The molecule has 0 aliphatic heterocycles. The first-order chi connectivity index (χ1) is 8.65. The van der Waals surface area contributed by atoms with Gasteiger partial charge < -0.3 is 4.98 Å². The van der Waals surface area contributed by atoms with E-state index >= 15 is 0 Å². The standard InChI is InChI=1S/C15H23N3/c1-5-7-11(6-2)14-17-13-9-8-12(10(3)4)16-15(13)18-14/h8-11H,5-7H2,1-4H3,(H,16,17,18). The lowest BCUT2D eigenvalue weighted by atomic mass is 10.0. The predicted octanol–water partition coefficient (Wildman–Crippen LogP) is 4.38. The van der Waals surface area contributed by atoms with Gasteiger partial charge in [-0.2, -0.15) is 0 Å². The van der Waals surface area contributed by atoms with Gasteiger partial charge in [-0.3, -0.25) is 0 Å². The van der Waals surface area contributed by atoms with Crippen molar-refractivity contribution in [1.82, 2.24) is 15.0 Å². The van der Waals surface area contributed by atoms with Crippen LogP contribution >= 0.6 is 0 Å². The summed E-state index contributed by atoms with van der Waals surface area (Å²) in [6, 6.07) is 4.16. The molecule has 1 atom stereocenters. The number of rotatable bonds is 5. The largest absolute Gasteiger partial charge is 0.326 e.